The quantitative estimate of drug-likeness (QED) is 0.241. The molecule has 0 aromatic heterocycles. The van der Waals surface area contributed by atoms with Gasteiger partial charge in [0.25, 0.3) is 0 Å². The SMILES string of the molecule is CCCCCCCCCCCCCCCC(O)CC(=O)NCc1ccccc1CN. The average molecular weight is 419 g/mol. The van der Waals surface area contributed by atoms with E-state index in [1.54, 1.807) is 0 Å². The van der Waals surface area contributed by atoms with Gasteiger partial charge in [0.1, 0.15) is 0 Å². The zero-order valence-electron chi connectivity index (χ0n) is 19.3. The first-order chi connectivity index (χ1) is 14.7. The molecule has 1 atom stereocenters. The Balaban J connectivity index is 1.94. The maximum atomic E-state index is 12.1. The molecular weight excluding hydrogens is 372 g/mol. The van der Waals surface area contributed by atoms with Crippen molar-refractivity contribution in [2.45, 2.75) is 122 Å². The van der Waals surface area contributed by atoms with Gasteiger partial charge >= 0.3 is 0 Å². The van der Waals surface area contributed by atoms with Crippen LogP contribution in [0.1, 0.15) is 114 Å². The molecule has 4 N–H and O–H groups in total. The molecule has 1 aromatic carbocycles. The van der Waals surface area contributed by atoms with Crippen LogP contribution in [0.3, 0.4) is 0 Å². The van der Waals surface area contributed by atoms with Crippen LogP contribution in [0.15, 0.2) is 24.3 Å². The van der Waals surface area contributed by atoms with Crippen LogP contribution < -0.4 is 11.1 Å². The number of rotatable bonds is 19. The molecule has 0 fully saturated rings. The van der Waals surface area contributed by atoms with Crippen molar-refractivity contribution in [2.24, 2.45) is 5.73 Å². The van der Waals surface area contributed by atoms with Crippen molar-refractivity contribution < 1.29 is 9.90 Å². The summed E-state index contributed by atoms with van der Waals surface area (Å²) >= 11 is 0. The maximum absolute atomic E-state index is 12.1. The van der Waals surface area contributed by atoms with E-state index < -0.39 is 6.10 Å². The zero-order chi connectivity index (χ0) is 21.9. The summed E-state index contributed by atoms with van der Waals surface area (Å²) in [6, 6.07) is 7.86. The van der Waals surface area contributed by atoms with Gasteiger partial charge < -0.3 is 16.2 Å². The number of nitrogens with two attached hydrogens (primary N) is 1. The Labute approximate surface area is 185 Å². The monoisotopic (exact) mass is 418 g/mol. The third-order valence-electron chi connectivity index (χ3n) is 5.88. The minimum atomic E-state index is -0.539. The highest BCUT2D eigenvalue weighted by atomic mass is 16.3. The second-order valence-corrected chi connectivity index (χ2v) is 8.64. The predicted molar refractivity (Wildman–Crippen MR) is 127 cm³/mol. The normalized spacial score (nSPS) is 12.1. The Kier molecular flexibility index (Phi) is 16.3. The van der Waals surface area contributed by atoms with Crippen LogP contribution in [0.5, 0.6) is 0 Å². The Morgan fingerprint density at radius 1 is 0.867 bits per heavy atom. The van der Waals surface area contributed by atoms with Gasteiger partial charge in [0, 0.05) is 13.1 Å². The summed E-state index contributed by atoms with van der Waals surface area (Å²) in [6.07, 6.45) is 17.5. The summed E-state index contributed by atoms with van der Waals surface area (Å²) < 4.78 is 0. The van der Waals surface area contributed by atoms with E-state index in [1.165, 1.54) is 70.6 Å². The van der Waals surface area contributed by atoms with Gasteiger partial charge in [-0.1, -0.05) is 115 Å². The molecule has 0 heterocycles. The second kappa shape index (κ2) is 18.4. The molecule has 172 valence electrons. The number of hydrogen-bond donors (Lipinski definition) is 3. The van der Waals surface area contributed by atoms with Gasteiger partial charge in [-0.05, 0) is 17.5 Å². The van der Waals surface area contributed by atoms with Crippen molar-refractivity contribution in [1.29, 1.82) is 0 Å². The first-order valence-corrected chi connectivity index (χ1v) is 12.4. The fraction of sp³-hybridized carbons (Fsp3) is 0.731. The minimum Gasteiger partial charge on any atom is -0.393 e. The van der Waals surface area contributed by atoms with Gasteiger partial charge in [-0.15, -0.1) is 0 Å². The summed E-state index contributed by atoms with van der Waals surface area (Å²) in [7, 11) is 0. The molecule has 1 aromatic rings. The number of hydrogen-bond acceptors (Lipinski definition) is 3. The minimum absolute atomic E-state index is 0.0935. The maximum Gasteiger partial charge on any atom is 0.222 e. The lowest BCUT2D eigenvalue weighted by atomic mass is 10.0. The first-order valence-electron chi connectivity index (χ1n) is 12.4. The van der Waals surface area contributed by atoms with Crippen molar-refractivity contribution in [3.05, 3.63) is 35.4 Å². The van der Waals surface area contributed by atoms with Crippen molar-refractivity contribution in [1.82, 2.24) is 5.32 Å². The Morgan fingerprint density at radius 3 is 1.90 bits per heavy atom. The van der Waals surface area contributed by atoms with Gasteiger partial charge in [-0.2, -0.15) is 0 Å². The molecule has 4 heteroatoms. The van der Waals surface area contributed by atoms with Crippen molar-refractivity contribution in [3.8, 4) is 0 Å². The molecule has 0 aliphatic carbocycles. The molecular formula is C26H46N2O2. The molecule has 0 saturated heterocycles. The summed E-state index contributed by atoms with van der Waals surface area (Å²) in [5.74, 6) is -0.0935. The zero-order valence-corrected chi connectivity index (χ0v) is 19.3. The van der Waals surface area contributed by atoms with Crippen molar-refractivity contribution in [3.63, 3.8) is 0 Å². The number of benzene rings is 1. The smallest absolute Gasteiger partial charge is 0.222 e. The Hall–Kier alpha value is -1.39. The van der Waals surface area contributed by atoms with Crippen LogP contribution in [0.2, 0.25) is 0 Å². The summed E-state index contributed by atoms with van der Waals surface area (Å²) in [5.41, 5.74) is 7.81. The molecule has 30 heavy (non-hydrogen) atoms. The van der Waals surface area contributed by atoms with E-state index in [4.69, 9.17) is 5.73 Å². The molecule has 0 bridgehead atoms. The lowest BCUT2D eigenvalue weighted by Crippen LogP contribution is -2.27. The third-order valence-corrected chi connectivity index (χ3v) is 5.88. The van der Waals surface area contributed by atoms with Gasteiger partial charge in [0.2, 0.25) is 5.91 Å². The second-order valence-electron chi connectivity index (χ2n) is 8.64. The third kappa shape index (κ3) is 13.8. The van der Waals surface area contributed by atoms with E-state index >= 15 is 0 Å². The van der Waals surface area contributed by atoms with Crippen LogP contribution in [0, 0.1) is 0 Å². The van der Waals surface area contributed by atoms with Gasteiger partial charge in [0.15, 0.2) is 0 Å². The Morgan fingerprint density at radius 2 is 1.37 bits per heavy atom. The summed E-state index contributed by atoms with van der Waals surface area (Å²) in [4.78, 5) is 12.1. The van der Waals surface area contributed by atoms with E-state index in [0.717, 1.165) is 24.0 Å². The highest BCUT2D eigenvalue weighted by Crippen LogP contribution is 2.14. The van der Waals surface area contributed by atoms with Crippen molar-refractivity contribution >= 4 is 5.91 Å². The summed E-state index contributed by atoms with van der Waals surface area (Å²) in [5, 5.41) is 13.0. The number of aliphatic hydroxyl groups excluding tert-OH is 1. The van der Waals surface area contributed by atoms with Gasteiger partial charge in [0.05, 0.1) is 12.5 Å². The molecule has 4 nitrogen and oxygen atoms in total. The van der Waals surface area contributed by atoms with Crippen molar-refractivity contribution in [2.75, 3.05) is 0 Å². The van der Waals surface area contributed by atoms with E-state index in [9.17, 15) is 9.90 Å². The molecule has 0 saturated carbocycles. The Bertz CT molecular complexity index is 548. The van der Waals surface area contributed by atoms with Crippen LogP contribution in [-0.2, 0) is 17.9 Å². The largest absolute Gasteiger partial charge is 0.393 e. The number of aliphatic hydroxyl groups is 1. The average Bonchev–Trinajstić information content (AvgIpc) is 2.75. The van der Waals surface area contributed by atoms with Crippen LogP contribution >= 0.6 is 0 Å². The number of carbonyl (C=O) groups is 1. The fourth-order valence-corrected chi connectivity index (χ4v) is 3.91. The van der Waals surface area contributed by atoms with Gasteiger partial charge in [-0.25, -0.2) is 0 Å². The van der Waals surface area contributed by atoms with E-state index in [0.29, 0.717) is 19.5 Å². The number of nitrogens with one attached hydrogen (secondary N) is 1. The van der Waals surface area contributed by atoms with E-state index in [-0.39, 0.29) is 12.3 Å². The molecule has 0 aliphatic rings. The lowest BCUT2D eigenvalue weighted by molar-refractivity contribution is -0.123. The number of amides is 1. The fourth-order valence-electron chi connectivity index (χ4n) is 3.91. The highest BCUT2D eigenvalue weighted by molar-refractivity contribution is 5.76. The standard InChI is InChI=1S/C26H46N2O2/c1-2-3-4-5-6-7-8-9-10-11-12-13-14-19-25(29)20-26(30)28-22-24-18-16-15-17-23(24)21-27/h15-18,25,29H,2-14,19-22,27H2,1H3,(H,28,30). The molecule has 0 spiro atoms. The summed E-state index contributed by atoms with van der Waals surface area (Å²) in [6.45, 7) is 3.20. The molecule has 0 radical (unpaired) electrons. The lowest BCUT2D eigenvalue weighted by Gasteiger charge is -2.12. The number of carbonyl (C=O) groups excluding carboxylic acids is 1. The highest BCUT2D eigenvalue weighted by Gasteiger charge is 2.11. The van der Waals surface area contributed by atoms with Crippen LogP contribution in [-0.4, -0.2) is 17.1 Å². The molecule has 1 rings (SSSR count). The topological polar surface area (TPSA) is 75.3 Å². The molecule has 1 amide bonds. The first kappa shape index (κ1) is 26.6. The predicted octanol–water partition coefficient (Wildman–Crippen LogP) is 5.99. The van der Waals surface area contributed by atoms with E-state index in [2.05, 4.69) is 12.2 Å². The van der Waals surface area contributed by atoms with Crippen LogP contribution in [0.25, 0.3) is 0 Å². The molecule has 1 unspecified atom stereocenters. The molecule has 0 aliphatic heterocycles. The van der Waals surface area contributed by atoms with E-state index in [1.807, 2.05) is 24.3 Å². The number of unbranched alkanes of at least 4 members (excludes halogenated alkanes) is 12. The van der Waals surface area contributed by atoms with Crippen LogP contribution in [0.4, 0.5) is 0 Å². The van der Waals surface area contributed by atoms with Gasteiger partial charge in [-0.3, -0.25) is 4.79 Å².